The first-order valence-electron chi connectivity index (χ1n) is 5.24. The van der Waals surface area contributed by atoms with Crippen molar-refractivity contribution < 1.29 is 19.1 Å². The highest BCUT2D eigenvalue weighted by molar-refractivity contribution is 6.04. The third-order valence-electron chi connectivity index (χ3n) is 2.37. The molecule has 2 N–H and O–H groups in total. The molecule has 2 rings (SSSR count). The lowest BCUT2D eigenvalue weighted by molar-refractivity contribution is 0.0696. The number of nitrogens with zero attached hydrogens (tertiary/aromatic N) is 1. The number of aromatic carboxylic acids is 1. The molecule has 0 bridgehead atoms. The number of nitriles is 1. The molecular weight excluding hydrogens is 248 g/mol. The van der Waals surface area contributed by atoms with Crippen LogP contribution in [0.2, 0.25) is 0 Å². The summed E-state index contributed by atoms with van der Waals surface area (Å²) in [7, 11) is 0. The lowest BCUT2D eigenvalue weighted by atomic mass is 10.2. The number of amides is 1. The molecule has 1 amide bonds. The third-order valence-corrected chi connectivity index (χ3v) is 2.37. The van der Waals surface area contributed by atoms with Crippen LogP contribution in [0.1, 0.15) is 26.5 Å². The normalized spacial score (nSPS) is 9.63. The number of benzene rings is 1. The van der Waals surface area contributed by atoms with Gasteiger partial charge in [-0.2, -0.15) is 5.26 Å². The SMILES string of the molecule is N#Cc1ccccc1NC(=O)c1cc(C(=O)O)co1. The largest absolute Gasteiger partial charge is 0.478 e. The summed E-state index contributed by atoms with van der Waals surface area (Å²) in [4.78, 5) is 22.5. The van der Waals surface area contributed by atoms with Gasteiger partial charge in [-0.05, 0) is 12.1 Å². The van der Waals surface area contributed by atoms with E-state index in [1.807, 2.05) is 6.07 Å². The van der Waals surface area contributed by atoms with Crippen LogP contribution in [0.5, 0.6) is 0 Å². The molecule has 19 heavy (non-hydrogen) atoms. The van der Waals surface area contributed by atoms with E-state index in [-0.39, 0.29) is 11.3 Å². The van der Waals surface area contributed by atoms with Crippen LogP contribution in [0, 0.1) is 11.3 Å². The van der Waals surface area contributed by atoms with Gasteiger partial charge in [0.15, 0.2) is 5.76 Å². The number of rotatable bonds is 3. The molecule has 0 aliphatic heterocycles. The topological polar surface area (TPSA) is 103 Å². The second-order valence-corrected chi connectivity index (χ2v) is 3.62. The quantitative estimate of drug-likeness (QED) is 0.875. The van der Waals surface area contributed by atoms with Gasteiger partial charge in [0.25, 0.3) is 5.91 Å². The van der Waals surface area contributed by atoms with Crippen molar-refractivity contribution in [2.24, 2.45) is 0 Å². The molecular formula is C13H8N2O4. The molecule has 0 aliphatic rings. The smallest absolute Gasteiger partial charge is 0.338 e. The number of hydrogen-bond donors (Lipinski definition) is 2. The predicted octanol–water partition coefficient (Wildman–Crippen LogP) is 2.10. The summed E-state index contributed by atoms with van der Waals surface area (Å²) < 4.78 is 4.86. The third kappa shape index (κ3) is 2.61. The lowest BCUT2D eigenvalue weighted by Crippen LogP contribution is -2.12. The molecule has 94 valence electrons. The van der Waals surface area contributed by atoms with E-state index in [9.17, 15) is 9.59 Å². The summed E-state index contributed by atoms with van der Waals surface area (Å²) in [6.45, 7) is 0. The van der Waals surface area contributed by atoms with Crippen molar-refractivity contribution in [1.29, 1.82) is 5.26 Å². The van der Waals surface area contributed by atoms with E-state index in [1.165, 1.54) is 0 Å². The van der Waals surface area contributed by atoms with E-state index in [0.29, 0.717) is 11.3 Å². The zero-order chi connectivity index (χ0) is 13.8. The average Bonchev–Trinajstić information content (AvgIpc) is 2.89. The van der Waals surface area contributed by atoms with Crippen LogP contribution in [-0.2, 0) is 0 Å². The monoisotopic (exact) mass is 256 g/mol. The average molecular weight is 256 g/mol. The van der Waals surface area contributed by atoms with Gasteiger partial charge in [0.05, 0.1) is 16.8 Å². The number of carbonyl (C=O) groups is 2. The fraction of sp³-hybridized carbons (Fsp3) is 0. The van der Waals surface area contributed by atoms with Gasteiger partial charge in [0, 0.05) is 6.07 Å². The van der Waals surface area contributed by atoms with Gasteiger partial charge in [-0.25, -0.2) is 4.79 Å². The van der Waals surface area contributed by atoms with Crippen LogP contribution in [0.4, 0.5) is 5.69 Å². The maximum Gasteiger partial charge on any atom is 0.338 e. The minimum atomic E-state index is -1.18. The molecule has 0 unspecified atom stereocenters. The Balaban J connectivity index is 2.21. The Bertz CT molecular complexity index is 682. The maximum absolute atomic E-state index is 11.8. The predicted molar refractivity (Wildman–Crippen MR) is 64.8 cm³/mol. The molecule has 2 aromatic rings. The Hall–Kier alpha value is -3.07. The van der Waals surface area contributed by atoms with E-state index >= 15 is 0 Å². The highest BCUT2D eigenvalue weighted by Gasteiger charge is 2.15. The van der Waals surface area contributed by atoms with Crippen LogP contribution >= 0.6 is 0 Å². The zero-order valence-corrected chi connectivity index (χ0v) is 9.58. The number of nitrogens with one attached hydrogen (secondary N) is 1. The Morgan fingerprint density at radius 3 is 2.68 bits per heavy atom. The van der Waals surface area contributed by atoms with Crippen LogP contribution in [0.15, 0.2) is 41.0 Å². The molecule has 6 nitrogen and oxygen atoms in total. The number of carboxylic acids is 1. The highest BCUT2D eigenvalue weighted by Crippen LogP contribution is 2.16. The van der Waals surface area contributed by atoms with Gasteiger partial charge in [-0.1, -0.05) is 12.1 Å². The Morgan fingerprint density at radius 2 is 2.05 bits per heavy atom. The molecule has 6 heteroatoms. The first kappa shape index (κ1) is 12.4. The van der Waals surface area contributed by atoms with E-state index < -0.39 is 11.9 Å². The van der Waals surface area contributed by atoms with E-state index in [1.54, 1.807) is 24.3 Å². The number of carboxylic acid groups (broad SMARTS) is 1. The number of carbonyl (C=O) groups excluding carboxylic acids is 1. The summed E-state index contributed by atoms with van der Waals surface area (Å²) in [6.07, 6.45) is 0.980. The molecule has 0 fully saturated rings. The van der Waals surface area contributed by atoms with Crippen molar-refractivity contribution in [2.45, 2.75) is 0 Å². The lowest BCUT2D eigenvalue weighted by Gasteiger charge is -2.04. The number of furan rings is 1. The summed E-state index contributed by atoms with van der Waals surface area (Å²) in [5.74, 6) is -1.93. The van der Waals surface area contributed by atoms with E-state index in [4.69, 9.17) is 14.8 Å². The number of anilines is 1. The Morgan fingerprint density at radius 1 is 1.32 bits per heavy atom. The first-order valence-corrected chi connectivity index (χ1v) is 5.24. The van der Waals surface area contributed by atoms with Crippen LogP contribution < -0.4 is 5.32 Å². The Labute approximate surface area is 107 Å². The summed E-state index contributed by atoms with van der Waals surface area (Å²) in [6, 6.07) is 9.52. The minimum absolute atomic E-state index is 0.112. The van der Waals surface area contributed by atoms with Crippen LogP contribution in [0.3, 0.4) is 0 Å². The van der Waals surface area contributed by atoms with Crippen LogP contribution in [0.25, 0.3) is 0 Å². The second kappa shape index (κ2) is 5.06. The fourth-order valence-electron chi connectivity index (χ4n) is 1.44. The van der Waals surface area contributed by atoms with Crippen molar-refractivity contribution in [2.75, 3.05) is 5.32 Å². The van der Waals surface area contributed by atoms with Gasteiger partial charge in [-0.3, -0.25) is 4.79 Å². The maximum atomic E-state index is 11.8. The number of para-hydroxylation sites is 1. The van der Waals surface area contributed by atoms with Crippen molar-refractivity contribution in [1.82, 2.24) is 0 Å². The van der Waals surface area contributed by atoms with Crippen molar-refractivity contribution >= 4 is 17.6 Å². The molecule has 1 aromatic heterocycles. The number of hydrogen-bond acceptors (Lipinski definition) is 4. The molecule has 0 spiro atoms. The molecule has 0 radical (unpaired) electrons. The van der Waals surface area contributed by atoms with Gasteiger partial charge in [0.2, 0.25) is 0 Å². The minimum Gasteiger partial charge on any atom is -0.478 e. The van der Waals surface area contributed by atoms with Crippen molar-refractivity contribution in [3.8, 4) is 6.07 Å². The van der Waals surface area contributed by atoms with Crippen molar-refractivity contribution in [3.63, 3.8) is 0 Å². The molecule has 0 aliphatic carbocycles. The van der Waals surface area contributed by atoms with Crippen molar-refractivity contribution in [3.05, 3.63) is 53.5 Å². The molecule has 1 heterocycles. The summed E-state index contributed by atoms with van der Waals surface area (Å²) in [5.41, 5.74) is 0.530. The van der Waals surface area contributed by atoms with Gasteiger partial charge >= 0.3 is 5.97 Å². The fourth-order valence-corrected chi connectivity index (χ4v) is 1.44. The molecule has 0 saturated carbocycles. The van der Waals surface area contributed by atoms with Crippen LogP contribution in [-0.4, -0.2) is 17.0 Å². The standard InChI is InChI=1S/C13H8N2O4/c14-6-8-3-1-2-4-10(8)15-12(16)11-5-9(7-19-11)13(17)18/h1-5,7H,(H,15,16)(H,17,18). The van der Waals surface area contributed by atoms with Gasteiger partial charge in [-0.15, -0.1) is 0 Å². The molecule has 0 atom stereocenters. The first-order chi connectivity index (χ1) is 9.11. The molecule has 1 aromatic carbocycles. The van der Waals surface area contributed by atoms with E-state index in [0.717, 1.165) is 12.3 Å². The Kier molecular flexibility index (Phi) is 3.30. The highest BCUT2D eigenvalue weighted by atomic mass is 16.4. The zero-order valence-electron chi connectivity index (χ0n) is 9.58. The summed E-state index contributed by atoms with van der Waals surface area (Å²) >= 11 is 0. The van der Waals surface area contributed by atoms with Gasteiger partial charge < -0.3 is 14.8 Å². The van der Waals surface area contributed by atoms with Gasteiger partial charge in [0.1, 0.15) is 12.3 Å². The summed E-state index contributed by atoms with van der Waals surface area (Å²) in [5, 5.41) is 20.1. The van der Waals surface area contributed by atoms with E-state index in [2.05, 4.69) is 5.32 Å². The molecule has 0 saturated heterocycles. The second-order valence-electron chi connectivity index (χ2n) is 3.62.